The molecule has 4 heteroatoms. The first-order valence-corrected chi connectivity index (χ1v) is 8.01. The van der Waals surface area contributed by atoms with Crippen LogP contribution in [0.5, 0.6) is 0 Å². The van der Waals surface area contributed by atoms with Crippen molar-refractivity contribution in [3.05, 3.63) is 30.3 Å². The Labute approximate surface area is 133 Å². The maximum atomic E-state index is 9.18. The molecule has 1 fully saturated rings. The van der Waals surface area contributed by atoms with Crippen molar-refractivity contribution >= 4 is 5.69 Å². The van der Waals surface area contributed by atoms with Gasteiger partial charge in [-0.15, -0.1) is 0 Å². The molecular weight excluding hydrogens is 272 g/mol. The van der Waals surface area contributed by atoms with Crippen molar-refractivity contribution in [2.75, 3.05) is 31.6 Å². The number of likely N-dealkylation sites (tertiary alicyclic amines) is 1. The number of rotatable bonds is 6. The molecule has 1 aliphatic rings. The average Bonchev–Trinajstić information content (AvgIpc) is 2.59. The van der Waals surface area contributed by atoms with Gasteiger partial charge in [0.15, 0.2) is 0 Å². The number of hydrogen-bond acceptors (Lipinski definition) is 4. The molecule has 0 aromatic heterocycles. The van der Waals surface area contributed by atoms with Crippen LogP contribution in [0.3, 0.4) is 0 Å². The summed E-state index contributed by atoms with van der Waals surface area (Å²) in [4.78, 5) is 4.75. The number of piperidine rings is 1. The van der Waals surface area contributed by atoms with Crippen LogP contribution in [0.4, 0.5) is 5.69 Å². The van der Waals surface area contributed by atoms with Crippen molar-refractivity contribution in [3.63, 3.8) is 0 Å². The van der Waals surface area contributed by atoms with Crippen molar-refractivity contribution in [2.45, 2.75) is 31.7 Å². The largest absolute Gasteiger partial charge is 0.372 e. The molecule has 0 N–H and O–H groups in total. The van der Waals surface area contributed by atoms with Crippen LogP contribution in [-0.2, 0) is 0 Å². The highest BCUT2D eigenvalue weighted by Gasteiger charge is 2.24. The van der Waals surface area contributed by atoms with E-state index in [0.717, 1.165) is 32.5 Å². The van der Waals surface area contributed by atoms with E-state index in [1.54, 1.807) is 0 Å². The van der Waals surface area contributed by atoms with Crippen LogP contribution in [0, 0.1) is 28.6 Å². The lowest BCUT2D eigenvalue weighted by Gasteiger charge is -2.38. The Kier molecular flexibility index (Phi) is 6.25. The van der Waals surface area contributed by atoms with E-state index in [-0.39, 0.29) is 5.92 Å². The van der Waals surface area contributed by atoms with E-state index in [2.05, 4.69) is 53.3 Å². The van der Waals surface area contributed by atoms with Gasteiger partial charge in [0.2, 0.25) is 0 Å². The number of nitriles is 2. The molecule has 0 aliphatic carbocycles. The van der Waals surface area contributed by atoms with Crippen molar-refractivity contribution in [1.82, 2.24) is 4.90 Å². The molecule has 22 heavy (non-hydrogen) atoms. The smallest absolute Gasteiger partial charge is 0.0669 e. The second-order valence-electron chi connectivity index (χ2n) is 6.00. The lowest BCUT2D eigenvalue weighted by Crippen LogP contribution is -2.44. The molecular formula is C18H24N4. The van der Waals surface area contributed by atoms with Gasteiger partial charge < -0.3 is 9.80 Å². The minimum atomic E-state index is -0.0111. The molecule has 2 rings (SSSR count). The normalized spacial score (nSPS) is 17.4. The molecule has 0 saturated carbocycles. The Morgan fingerprint density at radius 1 is 1.23 bits per heavy atom. The topological polar surface area (TPSA) is 54.1 Å². The maximum absolute atomic E-state index is 9.18. The fraction of sp³-hybridized carbons (Fsp3) is 0.556. The summed E-state index contributed by atoms with van der Waals surface area (Å²) in [7, 11) is 2.17. The van der Waals surface area contributed by atoms with Gasteiger partial charge in [-0.3, -0.25) is 0 Å². The molecule has 1 saturated heterocycles. The monoisotopic (exact) mass is 296 g/mol. The van der Waals surface area contributed by atoms with Crippen molar-refractivity contribution in [2.24, 2.45) is 5.92 Å². The zero-order chi connectivity index (χ0) is 15.8. The first-order valence-electron chi connectivity index (χ1n) is 8.01. The minimum Gasteiger partial charge on any atom is -0.372 e. The molecule has 0 unspecified atom stereocenters. The Morgan fingerprint density at radius 3 is 2.50 bits per heavy atom. The number of benzene rings is 1. The van der Waals surface area contributed by atoms with Gasteiger partial charge in [0.05, 0.1) is 18.1 Å². The van der Waals surface area contributed by atoms with E-state index >= 15 is 0 Å². The molecule has 0 amide bonds. The number of hydrogen-bond donors (Lipinski definition) is 0. The lowest BCUT2D eigenvalue weighted by atomic mass is 9.99. The van der Waals surface area contributed by atoms with Crippen LogP contribution in [0.15, 0.2) is 30.3 Å². The van der Waals surface area contributed by atoms with Crippen LogP contribution in [0.2, 0.25) is 0 Å². The summed E-state index contributed by atoms with van der Waals surface area (Å²) in [6.45, 7) is 2.87. The summed E-state index contributed by atoms with van der Waals surface area (Å²) in [5.41, 5.74) is 1.27. The summed E-state index contributed by atoms with van der Waals surface area (Å²) in [6, 6.07) is 15.5. The molecule has 1 atom stereocenters. The van der Waals surface area contributed by atoms with Gasteiger partial charge in [-0.1, -0.05) is 18.2 Å². The second kappa shape index (κ2) is 8.41. The SMILES string of the molecule is CN(c1ccccc1)C1CCN(C[C@@H](C#N)CCC#N)CC1. The average molecular weight is 296 g/mol. The van der Waals surface area contributed by atoms with E-state index in [9.17, 15) is 5.26 Å². The zero-order valence-corrected chi connectivity index (χ0v) is 13.3. The van der Waals surface area contributed by atoms with E-state index in [1.807, 2.05) is 6.07 Å². The number of nitrogens with zero attached hydrogens (tertiary/aromatic N) is 4. The van der Waals surface area contributed by atoms with Crippen LogP contribution in [0.25, 0.3) is 0 Å². The molecule has 1 aromatic carbocycles. The summed E-state index contributed by atoms with van der Waals surface area (Å²) in [5, 5.41) is 17.8. The molecule has 0 radical (unpaired) electrons. The third-order valence-electron chi connectivity index (χ3n) is 4.53. The zero-order valence-electron chi connectivity index (χ0n) is 13.3. The third-order valence-corrected chi connectivity index (χ3v) is 4.53. The van der Waals surface area contributed by atoms with Gasteiger partial charge in [0, 0.05) is 44.8 Å². The molecule has 4 nitrogen and oxygen atoms in total. The van der Waals surface area contributed by atoms with Crippen LogP contribution < -0.4 is 4.90 Å². The first kappa shape index (κ1) is 16.3. The number of anilines is 1. The maximum Gasteiger partial charge on any atom is 0.0669 e. The third kappa shape index (κ3) is 4.48. The van der Waals surface area contributed by atoms with Gasteiger partial charge in [-0.2, -0.15) is 10.5 Å². The predicted octanol–water partition coefficient (Wildman–Crippen LogP) is 3.03. The van der Waals surface area contributed by atoms with E-state index in [4.69, 9.17) is 5.26 Å². The molecule has 116 valence electrons. The highest BCUT2D eigenvalue weighted by molar-refractivity contribution is 5.46. The summed E-state index contributed by atoms with van der Waals surface area (Å²) in [5.74, 6) is -0.0111. The summed E-state index contributed by atoms with van der Waals surface area (Å²) in [6.07, 6.45) is 3.42. The number of para-hydroxylation sites is 1. The van der Waals surface area contributed by atoms with Gasteiger partial charge in [-0.05, 0) is 31.4 Å². The second-order valence-corrected chi connectivity index (χ2v) is 6.00. The Balaban J connectivity index is 1.80. The van der Waals surface area contributed by atoms with Crippen LogP contribution in [-0.4, -0.2) is 37.6 Å². The van der Waals surface area contributed by atoms with Crippen molar-refractivity contribution < 1.29 is 0 Å². The van der Waals surface area contributed by atoms with Crippen molar-refractivity contribution in [3.8, 4) is 12.1 Å². The Morgan fingerprint density at radius 2 is 1.91 bits per heavy atom. The highest BCUT2D eigenvalue weighted by Crippen LogP contribution is 2.22. The Hall–Kier alpha value is -2.04. The Bertz CT molecular complexity index is 520. The van der Waals surface area contributed by atoms with E-state index in [0.29, 0.717) is 18.9 Å². The molecule has 1 aliphatic heterocycles. The van der Waals surface area contributed by atoms with E-state index < -0.39 is 0 Å². The highest BCUT2D eigenvalue weighted by atomic mass is 15.2. The van der Waals surface area contributed by atoms with E-state index in [1.165, 1.54) is 5.69 Å². The van der Waals surface area contributed by atoms with Crippen LogP contribution >= 0.6 is 0 Å². The predicted molar refractivity (Wildman–Crippen MR) is 88.3 cm³/mol. The van der Waals surface area contributed by atoms with Crippen molar-refractivity contribution in [1.29, 1.82) is 10.5 Å². The molecule has 0 bridgehead atoms. The molecule has 1 aromatic rings. The van der Waals surface area contributed by atoms with Crippen LogP contribution in [0.1, 0.15) is 25.7 Å². The fourth-order valence-electron chi connectivity index (χ4n) is 3.11. The first-order chi connectivity index (χ1) is 10.7. The lowest BCUT2D eigenvalue weighted by molar-refractivity contribution is 0.192. The fourth-order valence-corrected chi connectivity index (χ4v) is 3.11. The quantitative estimate of drug-likeness (QED) is 0.809. The molecule has 1 heterocycles. The van der Waals surface area contributed by atoms with Gasteiger partial charge >= 0.3 is 0 Å². The molecule has 0 spiro atoms. The standard InChI is InChI=1S/C18H24N4/c1-21(17-7-3-2-4-8-17)18-9-12-22(13-10-18)15-16(14-20)6-5-11-19/h2-4,7-8,16,18H,5-6,9-10,12-13,15H2,1H3/t16-/m1/s1. The summed E-state index contributed by atoms with van der Waals surface area (Å²) < 4.78 is 0. The van der Waals surface area contributed by atoms with Gasteiger partial charge in [0.1, 0.15) is 0 Å². The van der Waals surface area contributed by atoms with Gasteiger partial charge in [-0.25, -0.2) is 0 Å². The van der Waals surface area contributed by atoms with Gasteiger partial charge in [0.25, 0.3) is 0 Å². The summed E-state index contributed by atoms with van der Waals surface area (Å²) >= 11 is 0. The minimum absolute atomic E-state index is 0.0111.